The number of nitrogen functional groups attached to an aromatic ring is 1. The second-order valence-corrected chi connectivity index (χ2v) is 6.15. The van der Waals surface area contributed by atoms with Gasteiger partial charge in [-0.05, 0) is 36.8 Å². The molecule has 0 aliphatic rings. The summed E-state index contributed by atoms with van der Waals surface area (Å²) in [6.45, 7) is 1.85. The fourth-order valence-corrected chi connectivity index (χ4v) is 3.25. The lowest BCUT2D eigenvalue weighted by Gasteiger charge is -2.08. The van der Waals surface area contributed by atoms with Crippen LogP contribution in [-0.4, -0.2) is 22.8 Å². The lowest BCUT2D eigenvalue weighted by atomic mass is 10.3. The molecule has 0 aliphatic heterocycles. The molecule has 3 aromatic rings. The summed E-state index contributed by atoms with van der Waals surface area (Å²) < 4.78 is 28.9. The molecule has 0 unspecified atom stereocenters. The molecule has 21 heavy (non-hydrogen) atoms. The van der Waals surface area contributed by atoms with Gasteiger partial charge in [-0.25, -0.2) is 9.97 Å². The number of aromatic nitrogens is 3. The highest BCUT2D eigenvalue weighted by atomic mass is 32.2. The highest BCUT2D eigenvalue weighted by Crippen LogP contribution is 2.22. The summed E-state index contributed by atoms with van der Waals surface area (Å²) in [7, 11) is -3.88. The number of rotatable bonds is 3. The van der Waals surface area contributed by atoms with Gasteiger partial charge >= 0.3 is 0 Å². The molecule has 0 atom stereocenters. The molecule has 8 heteroatoms. The lowest BCUT2D eigenvalue weighted by molar-refractivity contribution is 0.597. The highest BCUT2D eigenvalue weighted by molar-refractivity contribution is 7.92. The number of pyridine rings is 2. The molecule has 0 spiro atoms. The summed E-state index contributed by atoms with van der Waals surface area (Å²) in [6.07, 6.45) is 3.13. The standard InChI is InChI=1S/C13H13N5O2S/c1-9-5-6-15-10(8-9)17-21(19,20)13-12(14)16-11-4-2-3-7-18(11)13/h2-8H,14H2,1H3,(H,15,17). The molecule has 0 fully saturated rings. The summed E-state index contributed by atoms with van der Waals surface area (Å²) in [5.74, 6) is 0.182. The minimum Gasteiger partial charge on any atom is -0.381 e. The topological polar surface area (TPSA) is 102 Å². The molecule has 0 saturated carbocycles. The van der Waals surface area contributed by atoms with Crippen molar-refractivity contribution in [1.29, 1.82) is 0 Å². The molecule has 3 heterocycles. The van der Waals surface area contributed by atoms with Gasteiger partial charge in [0.05, 0.1) is 0 Å². The number of nitrogens with one attached hydrogen (secondary N) is 1. The Morgan fingerprint density at radius 2 is 2.10 bits per heavy atom. The predicted molar refractivity (Wildman–Crippen MR) is 79.4 cm³/mol. The number of nitrogens with zero attached hydrogens (tertiary/aromatic N) is 3. The minimum atomic E-state index is -3.88. The number of imidazole rings is 1. The maximum absolute atomic E-state index is 12.5. The third kappa shape index (κ3) is 2.40. The van der Waals surface area contributed by atoms with Gasteiger partial charge in [0, 0.05) is 12.4 Å². The first-order valence-corrected chi connectivity index (χ1v) is 7.64. The maximum Gasteiger partial charge on any atom is 0.282 e. The van der Waals surface area contributed by atoms with Crippen LogP contribution in [0.3, 0.4) is 0 Å². The van der Waals surface area contributed by atoms with E-state index in [-0.39, 0.29) is 16.7 Å². The van der Waals surface area contributed by atoms with Gasteiger partial charge < -0.3 is 5.73 Å². The van der Waals surface area contributed by atoms with Crippen LogP contribution in [-0.2, 0) is 10.0 Å². The zero-order chi connectivity index (χ0) is 15.0. The summed E-state index contributed by atoms with van der Waals surface area (Å²) in [5, 5.41) is -0.0959. The van der Waals surface area contributed by atoms with E-state index >= 15 is 0 Å². The molecule has 0 saturated heterocycles. The Morgan fingerprint density at radius 3 is 2.86 bits per heavy atom. The number of anilines is 2. The molecule has 0 aliphatic carbocycles. The van der Waals surface area contributed by atoms with E-state index in [0.717, 1.165) is 5.56 Å². The molecule has 0 amide bonds. The van der Waals surface area contributed by atoms with Gasteiger partial charge in [-0.3, -0.25) is 9.12 Å². The van der Waals surface area contributed by atoms with Gasteiger partial charge in [-0.1, -0.05) is 6.07 Å². The largest absolute Gasteiger partial charge is 0.381 e. The third-order valence-electron chi connectivity index (χ3n) is 2.92. The summed E-state index contributed by atoms with van der Waals surface area (Å²) in [4.78, 5) is 8.02. The average Bonchev–Trinajstić information content (AvgIpc) is 2.74. The van der Waals surface area contributed by atoms with Crippen molar-refractivity contribution in [3.63, 3.8) is 0 Å². The first-order chi connectivity index (χ1) is 9.97. The van der Waals surface area contributed by atoms with Crippen LogP contribution < -0.4 is 10.5 Å². The molecule has 3 rings (SSSR count). The monoisotopic (exact) mass is 303 g/mol. The van der Waals surface area contributed by atoms with E-state index < -0.39 is 10.0 Å². The van der Waals surface area contributed by atoms with Gasteiger partial charge in [-0.15, -0.1) is 0 Å². The van der Waals surface area contributed by atoms with Crippen molar-refractivity contribution >= 4 is 27.3 Å². The Balaban J connectivity index is 2.10. The molecule has 7 nitrogen and oxygen atoms in total. The molecule has 3 N–H and O–H groups in total. The summed E-state index contributed by atoms with van der Waals surface area (Å²) in [6, 6.07) is 8.56. The second-order valence-electron chi connectivity index (χ2n) is 4.55. The first kappa shape index (κ1) is 13.4. The van der Waals surface area contributed by atoms with Crippen LogP contribution >= 0.6 is 0 Å². The smallest absolute Gasteiger partial charge is 0.282 e. The molecule has 0 aromatic carbocycles. The van der Waals surface area contributed by atoms with Gasteiger partial charge in [-0.2, -0.15) is 8.42 Å². The van der Waals surface area contributed by atoms with Crippen LogP contribution in [0.15, 0.2) is 47.8 Å². The molecule has 0 radical (unpaired) electrons. The van der Waals surface area contributed by atoms with Crippen LogP contribution in [0.5, 0.6) is 0 Å². The van der Waals surface area contributed by atoms with Crippen molar-refractivity contribution in [3.8, 4) is 0 Å². The summed E-state index contributed by atoms with van der Waals surface area (Å²) in [5.41, 5.74) is 7.11. The Kier molecular flexibility index (Phi) is 3.02. The zero-order valence-electron chi connectivity index (χ0n) is 11.2. The van der Waals surface area contributed by atoms with Crippen LogP contribution in [0.2, 0.25) is 0 Å². The second kappa shape index (κ2) is 4.74. The maximum atomic E-state index is 12.5. The van der Waals surface area contributed by atoms with E-state index in [1.165, 1.54) is 10.6 Å². The van der Waals surface area contributed by atoms with Crippen molar-refractivity contribution in [3.05, 3.63) is 48.3 Å². The Labute approximate surface area is 121 Å². The molecular formula is C13H13N5O2S. The fraction of sp³-hybridized carbons (Fsp3) is 0.0769. The van der Waals surface area contributed by atoms with Gasteiger partial charge in [0.15, 0.2) is 5.82 Å². The normalized spacial score (nSPS) is 11.7. The summed E-state index contributed by atoms with van der Waals surface area (Å²) >= 11 is 0. The van der Waals surface area contributed by atoms with Gasteiger partial charge in [0.25, 0.3) is 10.0 Å². The molecular weight excluding hydrogens is 290 g/mol. The van der Waals surface area contributed by atoms with E-state index in [1.54, 1.807) is 36.5 Å². The Bertz CT molecular complexity index is 917. The number of aryl methyl sites for hydroxylation is 1. The van der Waals surface area contributed by atoms with E-state index in [2.05, 4.69) is 14.7 Å². The number of nitrogens with two attached hydrogens (primary N) is 1. The SMILES string of the molecule is Cc1ccnc(NS(=O)(=O)c2c(N)nc3ccccn23)c1. The Morgan fingerprint density at radius 1 is 1.29 bits per heavy atom. The minimum absolute atomic E-state index is 0.0543. The molecule has 0 bridgehead atoms. The van der Waals surface area contributed by atoms with Crippen molar-refractivity contribution in [2.24, 2.45) is 0 Å². The predicted octanol–water partition coefficient (Wildman–Crippen LogP) is 1.42. The van der Waals surface area contributed by atoms with Crippen molar-refractivity contribution < 1.29 is 8.42 Å². The fourth-order valence-electron chi connectivity index (χ4n) is 2.04. The third-order valence-corrected chi connectivity index (χ3v) is 4.31. The number of fused-ring (bicyclic) bond motifs is 1. The van der Waals surface area contributed by atoms with Crippen LogP contribution in [0.25, 0.3) is 5.65 Å². The first-order valence-electron chi connectivity index (χ1n) is 6.15. The van der Waals surface area contributed by atoms with Crippen molar-refractivity contribution in [1.82, 2.24) is 14.4 Å². The molecule has 108 valence electrons. The number of hydrogen-bond acceptors (Lipinski definition) is 5. The van der Waals surface area contributed by atoms with Crippen molar-refractivity contribution in [2.75, 3.05) is 10.5 Å². The van der Waals surface area contributed by atoms with Crippen LogP contribution in [0.4, 0.5) is 11.6 Å². The van der Waals surface area contributed by atoms with Gasteiger partial charge in [0.2, 0.25) is 5.03 Å². The number of sulfonamides is 1. The molecule has 3 aromatic heterocycles. The van der Waals surface area contributed by atoms with Gasteiger partial charge in [0.1, 0.15) is 11.5 Å². The zero-order valence-corrected chi connectivity index (χ0v) is 12.0. The Hall–Kier alpha value is -2.61. The highest BCUT2D eigenvalue weighted by Gasteiger charge is 2.24. The number of hydrogen-bond donors (Lipinski definition) is 2. The quantitative estimate of drug-likeness (QED) is 0.762. The van der Waals surface area contributed by atoms with E-state index in [9.17, 15) is 8.42 Å². The van der Waals surface area contributed by atoms with Crippen LogP contribution in [0.1, 0.15) is 5.56 Å². The van der Waals surface area contributed by atoms with Crippen LogP contribution in [0, 0.1) is 6.92 Å². The average molecular weight is 303 g/mol. The lowest BCUT2D eigenvalue weighted by Crippen LogP contribution is -2.17. The van der Waals surface area contributed by atoms with E-state index in [1.807, 2.05) is 6.92 Å². The van der Waals surface area contributed by atoms with E-state index in [4.69, 9.17) is 5.73 Å². The van der Waals surface area contributed by atoms with Crippen molar-refractivity contribution in [2.45, 2.75) is 11.9 Å². The van der Waals surface area contributed by atoms with E-state index in [0.29, 0.717) is 5.65 Å².